The van der Waals surface area contributed by atoms with E-state index < -0.39 is 18.1 Å². The van der Waals surface area contributed by atoms with E-state index in [0.29, 0.717) is 12.2 Å². The number of methoxy groups -OCH3 is 1. The maximum absolute atomic E-state index is 12.2. The van der Waals surface area contributed by atoms with Crippen LogP contribution in [-0.4, -0.2) is 56.2 Å². The molecule has 9 nitrogen and oxygen atoms in total. The minimum Gasteiger partial charge on any atom is -0.480 e. The van der Waals surface area contributed by atoms with Gasteiger partial charge in [0.25, 0.3) is 5.56 Å². The highest BCUT2D eigenvalue weighted by atomic mass is 35.5. The third-order valence-electron chi connectivity index (χ3n) is 5.84. The molecule has 0 saturated heterocycles. The van der Waals surface area contributed by atoms with Gasteiger partial charge in [-0.15, -0.1) is 12.4 Å². The van der Waals surface area contributed by atoms with Crippen LogP contribution in [0.2, 0.25) is 0 Å². The molecule has 1 aromatic carbocycles. The first-order chi connectivity index (χ1) is 15.7. The Hall–Kier alpha value is -2.72. The van der Waals surface area contributed by atoms with Crippen molar-refractivity contribution < 1.29 is 19.7 Å². The summed E-state index contributed by atoms with van der Waals surface area (Å²) >= 11 is 0. The summed E-state index contributed by atoms with van der Waals surface area (Å²) in [6, 6.07) is 6.63. The molecule has 0 saturated carbocycles. The van der Waals surface area contributed by atoms with Crippen molar-refractivity contribution in [2.45, 2.75) is 51.9 Å². The Morgan fingerprint density at radius 3 is 2.56 bits per heavy atom. The van der Waals surface area contributed by atoms with Crippen molar-refractivity contribution in [3.05, 3.63) is 51.9 Å². The van der Waals surface area contributed by atoms with E-state index in [2.05, 4.69) is 16.8 Å². The molecule has 0 spiro atoms. The van der Waals surface area contributed by atoms with Gasteiger partial charge < -0.3 is 24.1 Å². The number of aromatic nitrogens is 3. The molecular formula is C24H33ClN4O5. The van der Waals surface area contributed by atoms with E-state index in [1.54, 1.807) is 31.8 Å². The molecule has 2 aromatic heterocycles. The smallest absolute Gasteiger partial charge is 0.323 e. The lowest BCUT2D eigenvalue weighted by molar-refractivity contribution is -0.142. The van der Waals surface area contributed by atoms with Crippen LogP contribution >= 0.6 is 12.4 Å². The SMILES string of the molecule is CCC(COC)n1c(-c2cc(C)c(=O)n(C)c2)nc2cc(CNC(C(=O)O)C(C)O)ccc21.Cl. The zero-order valence-corrected chi connectivity index (χ0v) is 20.9. The van der Waals surface area contributed by atoms with Gasteiger partial charge in [0.2, 0.25) is 0 Å². The molecule has 0 aliphatic carbocycles. The van der Waals surface area contributed by atoms with Gasteiger partial charge >= 0.3 is 5.97 Å². The first-order valence-corrected chi connectivity index (χ1v) is 11.0. The fraction of sp³-hybridized carbons (Fsp3) is 0.458. The first-order valence-electron chi connectivity index (χ1n) is 11.0. The third-order valence-corrected chi connectivity index (χ3v) is 5.84. The molecule has 3 unspecified atom stereocenters. The summed E-state index contributed by atoms with van der Waals surface area (Å²) in [6.45, 7) is 6.10. The van der Waals surface area contributed by atoms with E-state index in [1.807, 2.05) is 24.3 Å². The number of aliphatic hydroxyl groups excluding tert-OH is 1. The largest absolute Gasteiger partial charge is 0.480 e. The minimum absolute atomic E-state index is 0. The number of aliphatic hydroxyl groups is 1. The number of nitrogens with one attached hydrogen (secondary N) is 1. The fourth-order valence-electron chi connectivity index (χ4n) is 4.09. The van der Waals surface area contributed by atoms with Crippen LogP contribution in [0.4, 0.5) is 0 Å². The normalized spacial score (nSPS) is 13.9. The van der Waals surface area contributed by atoms with Gasteiger partial charge in [-0.05, 0) is 44.0 Å². The Morgan fingerprint density at radius 2 is 2.00 bits per heavy atom. The van der Waals surface area contributed by atoms with E-state index in [0.717, 1.165) is 34.4 Å². The van der Waals surface area contributed by atoms with E-state index in [9.17, 15) is 19.8 Å². The first kappa shape index (κ1) is 27.5. The number of rotatable bonds is 10. The Morgan fingerprint density at radius 1 is 1.29 bits per heavy atom. The monoisotopic (exact) mass is 492 g/mol. The topological polar surface area (TPSA) is 119 Å². The lowest BCUT2D eigenvalue weighted by Crippen LogP contribution is -2.44. The zero-order valence-electron chi connectivity index (χ0n) is 20.1. The number of carboxylic acids is 1. The van der Waals surface area contributed by atoms with E-state index in [-0.39, 0.29) is 30.6 Å². The molecule has 0 aliphatic heterocycles. The molecule has 0 bridgehead atoms. The van der Waals surface area contributed by atoms with E-state index in [1.165, 1.54) is 6.92 Å². The van der Waals surface area contributed by atoms with Gasteiger partial charge in [-0.2, -0.15) is 0 Å². The molecular weight excluding hydrogens is 460 g/mol. The second-order valence-corrected chi connectivity index (χ2v) is 8.41. The number of halogens is 1. The van der Waals surface area contributed by atoms with Crippen LogP contribution in [0.1, 0.15) is 37.4 Å². The number of carbonyl (C=O) groups is 1. The molecule has 3 atom stereocenters. The molecule has 34 heavy (non-hydrogen) atoms. The van der Waals surface area contributed by atoms with Gasteiger partial charge in [-0.25, -0.2) is 4.98 Å². The van der Waals surface area contributed by atoms with Gasteiger partial charge in [-0.1, -0.05) is 13.0 Å². The van der Waals surface area contributed by atoms with Crippen molar-refractivity contribution in [2.75, 3.05) is 13.7 Å². The predicted molar refractivity (Wildman–Crippen MR) is 134 cm³/mol. The maximum atomic E-state index is 12.2. The fourth-order valence-corrected chi connectivity index (χ4v) is 4.09. The van der Waals surface area contributed by atoms with Gasteiger partial charge in [0, 0.05) is 38.0 Å². The van der Waals surface area contributed by atoms with Crippen LogP contribution in [0.25, 0.3) is 22.4 Å². The molecule has 0 amide bonds. The lowest BCUT2D eigenvalue weighted by atomic mass is 10.1. The number of pyridine rings is 1. The molecule has 0 fully saturated rings. The second-order valence-electron chi connectivity index (χ2n) is 8.41. The van der Waals surface area contributed by atoms with Crippen LogP contribution in [-0.2, 0) is 23.1 Å². The highest BCUT2D eigenvalue weighted by Gasteiger charge is 2.23. The number of fused-ring (bicyclic) bond motifs is 1. The molecule has 3 rings (SSSR count). The number of benzene rings is 1. The summed E-state index contributed by atoms with van der Waals surface area (Å²) in [5.74, 6) is -0.363. The predicted octanol–water partition coefficient (Wildman–Crippen LogP) is 2.65. The maximum Gasteiger partial charge on any atom is 0.323 e. The quantitative estimate of drug-likeness (QED) is 0.398. The average Bonchev–Trinajstić information content (AvgIpc) is 3.13. The van der Waals surface area contributed by atoms with Crippen LogP contribution in [0, 0.1) is 6.92 Å². The van der Waals surface area contributed by atoms with Crippen molar-refractivity contribution >= 4 is 29.4 Å². The van der Waals surface area contributed by atoms with Crippen molar-refractivity contribution in [1.82, 2.24) is 19.4 Å². The summed E-state index contributed by atoms with van der Waals surface area (Å²) < 4.78 is 9.17. The molecule has 2 heterocycles. The van der Waals surface area contributed by atoms with Crippen LogP contribution in [0.3, 0.4) is 0 Å². The van der Waals surface area contributed by atoms with Crippen molar-refractivity contribution in [3.63, 3.8) is 0 Å². The number of nitrogens with zero attached hydrogens (tertiary/aromatic N) is 3. The van der Waals surface area contributed by atoms with E-state index in [4.69, 9.17) is 9.72 Å². The Balaban J connectivity index is 0.00000408. The molecule has 0 radical (unpaired) electrons. The number of imidazole rings is 1. The van der Waals surface area contributed by atoms with Crippen molar-refractivity contribution in [1.29, 1.82) is 0 Å². The van der Waals surface area contributed by atoms with Gasteiger partial charge in [0.1, 0.15) is 11.9 Å². The van der Waals surface area contributed by atoms with E-state index >= 15 is 0 Å². The number of aliphatic carboxylic acids is 1. The third kappa shape index (κ3) is 5.67. The highest BCUT2D eigenvalue weighted by molar-refractivity contribution is 5.85. The van der Waals surface area contributed by atoms with Gasteiger partial charge in [-0.3, -0.25) is 14.9 Å². The molecule has 10 heteroatoms. The minimum atomic E-state index is -1.10. The number of hydrogen-bond donors (Lipinski definition) is 3. The van der Waals surface area contributed by atoms with Crippen LogP contribution < -0.4 is 10.9 Å². The summed E-state index contributed by atoms with van der Waals surface area (Å²) in [5.41, 5.74) is 3.95. The summed E-state index contributed by atoms with van der Waals surface area (Å²) in [4.78, 5) is 28.5. The van der Waals surface area contributed by atoms with Crippen LogP contribution in [0.5, 0.6) is 0 Å². The van der Waals surface area contributed by atoms with Crippen LogP contribution in [0.15, 0.2) is 35.3 Å². The standard InChI is InChI=1S/C24H32N4O5.ClH/c1-6-18(13-33-5)28-20-8-7-16(11-25-21(15(3)29)24(31)32)10-19(20)26-22(28)17-9-14(2)23(30)27(4)12-17;/h7-10,12,15,18,21,25,29H,6,11,13H2,1-5H3,(H,31,32);1H. The number of carboxylic acid groups (broad SMARTS) is 1. The van der Waals surface area contributed by atoms with Gasteiger partial charge in [0.05, 0.1) is 29.8 Å². The second kappa shape index (κ2) is 11.6. The number of ether oxygens (including phenoxy) is 1. The van der Waals surface area contributed by atoms with Crippen molar-refractivity contribution in [2.24, 2.45) is 7.05 Å². The Kier molecular flexibility index (Phi) is 9.40. The zero-order chi connectivity index (χ0) is 24.3. The Bertz CT molecular complexity index is 1180. The summed E-state index contributed by atoms with van der Waals surface area (Å²) in [6.07, 6.45) is 1.59. The summed E-state index contributed by atoms with van der Waals surface area (Å²) in [5, 5.41) is 21.9. The lowest BCUT2D eigenvalue weighted by Gasteiger charge is -2.20. The van der Waals surface area contributed by atoms with Crippen molar-refractivity contribution in [3.8, 4) is 11.4 Å². The molecule has 3 N–H and O–H groups in total. The van der Waals surface area contributed by atoms with Gasteiger partial charge in [0.15, 0.2) is 0 Å². The number of hydrogen-bond acceptors (Lipinski definition) is 6. The number of aryl methyl sites for hydroxylation is 2. The molecule has 3 aromatic rings. The average molecular weight is 493 g/mol. The molecule has 186 valence electrons. The highest BCUT2D eigenvalue weighted by Crippen LogP contribution is 2.30. The molecule has 0 aliphatic rings. The Labute approximate surface area is 204 Å². The summed E-state index contributed by atoms with van der Waals surface area (Å²) in [7, 11) is 3.39.